The maximum atomic E-state index is 3.98. The van der Waals surface area contributed by atoms with Gasteiger partial charge in [0.25, 0.3) is 0 Å². The van der Waals surface area contributed by atoms with Gasteiger partial charge < -0.3 is 4.98 Å². The molecule has 49 valence electrons. The maximum Gasteiger partial charge on any atom is 0.105 e. The molecule has 0 saturated carbocycles. The predicted octanol–water partition coefficient (Wildman–Crippen LogP) is 0.970. The van der Waals surface area contributed by atoms with E-state index >= 15 is 0 Å². The minimum absolute atomic E-state index is 0. The third-order valence-electron chi connectivity index (χ3n) is 0.890. The monoisotopic (exact) mass is 159 g/mol. The summed E-state index contributed by atoms with van der Waals surface area (Å²) in [5.74, 6) is 1.06. The number of aryl methyl sites for hydroxylation is 1. The Hall–Kier alpha value is -0.271. The number of nitrogens with zero attached hydrogens (tertiary/aromatic N) is 1. The van der Waals surface area contributed by atoms with Crippen LogP contribution in [-0.2, 0) is 23.5 Å². The summed E-state index contributed by atoms with van der Waals surface area (Å²) in [6.07, 6.45) is 4.59. The summed E-state index contributed by atoms with van der Waals surface area (Å²) in [4.78, 5) is 6.95. The fourth-order valence-electron chi connectivity index (χ4n) is 0.491. The summed E-state index contributed by atoms with van der Waals surface area (Å²) < 4.78 is 0. The molecule has 0 aliphatic carbocycles. The SMILES string of the molecule is CCc1ncc[nH]1.[Cu]. The summed E-state index contributed by atoms with van der Waals surface area (Å²) in [5, 5.41) is 0. The molecule has 0 bridgehead atoms. The molecule has 0 amide bonds. The number of aromatic amines is 1. The van der Waals surface area contributed by atoms with E-state index in [2.05, 4.69) is 16.9 Å². The Morgan fingerprint density at radius 2 is 2.50 bits per heavy atom. The summed E-state index contributed by atoms with van der Waals surface area (Å²) in [6, 6.07) is 0. The van der Waals surface area contributed by atoms with E-state index in [9.17, 15) is 0 Å². The number of nitrogens with one attached hydrogen (secondary N) is 1. The van der Waals surface area contributed by atoms with Crippen LogP contribution in [0, 0.1) is 0 Å². The second-order valence-corrected chi connectivity index (χ2v) is 1.39. The van der Waals surface area contributed by atoms with Crippen molar-refractivity contribution in [1.29, 1.82) is 0 Å². The van der Waals surface area contributed by atoms with Crippen LogP contribution in [0.15, 0.2) is 12.4 Å². The molecule has 0 saturated heterocycles. The topological polar surface area (TPSA) is 28.7 Å². The number of hydrogen-bond donors (Lipinski definition) is 1. The molecule has 1 rings (SSSR count). The van der Waals surface area contributed by atoms with Gasteiger partial charge in [0.1, 0.15) is 5.82 Å². The molecule has 0 aromatic carbocycles. The third-order valence-corrected chi connectivity index (χ3v) is 0.890. The van der Waals surface area contributed by atoms with E-state index in [0.29, 0.717) is 0 Å². The van der Waals surface area contributed by atoms with Crippen molar-refractivity contribution in [1.82, 2.24) is 9.97 Å². The smallest absolute Gasteiger partial charge is 0.105 e. The molecule has 0 aliphatic heterocycles. The molecule has 0 spiro atoms. The third kappa shape index (κ3) is 1.68. The molecule has 0 unspecified atom stereocenters. The minimum atomic E-state index is 0. The van der Waals surface area contributed by atoms with Crippen LogP contribution in [0.25, 0.3) is 0 Å². The van der Waals surface area contributed by atoms with Crippen LogP contribution in [-0.4, -0.2) is 9.97 Å². The van der Waals surface area contributed by atoms with Crippen LogP contribution in [0.4, 0.5) is 0 Å². The molecule has 2 nitrogen and oxygen atoms in total. The standard InChI is InChI=1S/C5H8N2.Cu/c1-2-5-6-3-4-7-5;/h3-4H,2H2,1H3,(H,6,7);. The Labute approximate surface area is 59.2 Å². The van der Waals surface area contributed by atoms with Gasteiger partial charge in [-0.05, 0) is 0 Å². The minimum Gasteiger partial charge on any atom is -0.349 e. The van der Waals surface area contributed by atoms with Gasteiger partial charge in [0.05, 0.1) is 0 Å². The number of H-pyrrole nitrogens is 1. The van der Waals surface area contributed by atoms with Gasteiger partial charge >= 0.3 is 0 Å². The van der Waals surface area contributed by atoms with Crippen LogP contribution in [0.3, 0.4) is 0 Å². The molecule has 0 fully saturated rings. The van der Waals surface area contributed by atoms with E-state index in [4.69, 9.17) is 0 Å². The fourth-order valence-corrected chi connectivity index (χ4v) is 0.491. The zero-order chi connectivity index (χ0) is 5.11. The van der Waals surface area contributed by atoms with Crippen molar-refractivity contribution in [2.75, 3.05) is 0 Å². The van der Waals surface area contributed by atoms with E-state index in [-0.39, 0.29) is 17.1 Å². The van der Waals surface area contributed by atoms with E-state index in [1.165, 1.54) is 0 Å². The van der Waals surface area contributed by atoms with Gasteiger partial charge in [0.2, 0.25) is 0 Å². The molecular formula is C5H8CuN2. The Bertz CT molecular complexity index is 125. The van der Waals surface area contributed by atoms with Gasteiger partial charge in [-0.2, -0.15) is 0 Å². The zero-order valence-corrected chi connectivity index (χ0v) is 5.55. The van der Waals surface area contributed by atoms with Crippen molar-refractivity contribution >= 4 is 0 Å². The van der Waals surface area contributed by atoms with Gasteiger partial charge in [-0.1, -0.05) is 6.92 Å². The van der Waals surface area contributed by atoms with Crippen molar-refractivity contribution in [2.45, 2.75) is 13.3 Å². The number of hydrogen-bond acceptors (Lipinski definition) is 1. The maximum absolute atomic E-state index is 3.98. The van der Waals surface area contributed by atoms with Crippen molar-refractivity contribution < 1.29 is 17.1 Å². The van der Waals surface area contributed by atoms with Gasteiger partial charge in [-0.25, -0.2) is 4.98 Å². The van der Waals surface area contributed by atoms with Gasteiger partial charge in [0.15, 0.2) is 0 Å². The molecule has 8 heavy (non-hydrogen) atoms. The molecule has 1 aromatic heterocycles. The van der Waals surface area contributed by atoms with Crippen molar-refractivity contribution in [3.05, 3.63) is 18.2 Å². The van der Waals surface area contributed by atoms with Crippen LogP contribution in [0.5, 0.6) is 0 Å². The van der Waals surface area contributed by atoms with E-state index in [1.807, 2.05) is 6.20 Å². The molecule has 0 aliphatic rings. The first-order valence-electron chi connectivity index (χ1n) is 2.41. The van der Waals surface area contributed by atoms with Crippen molar-refractivity contribution in [3.63, 3.8) is 0 Å². The summed E-state index contributed by atoms with van der Waals surface area (Å²) in [7, 11) is 0. The van der Waals surface area contributed by atoms with Crippen LogP contribution < -0.4 is 0 Å². The van der Waals surface area contributed by atoms with Gasteiger partial charge in [-0.3, -0.25) is 0 Å². The van der Waals surface area contributed by atoms with Crippen LogP contribution >= 0.6 is 0 Å². The molecule has 1 aromatic rings. The first-order chi connectivity index (χ1) is 3.43. The van der Waals surface area contributed by atoms with E-state index < -0.39 is 0 Å². The van der Waals surface area contributed by atoms with Crippen LogP contribution in [0.2, 0.25) is 0 Å². The second kappa shape index (κ2) is 3.70. The normalized spacial score (nSPS) is 8.12. The molecule has 0 atom stereocenters. The first kappa shape index (κ1) is 7.73. The quantitative estimate of drug-likeness (QED) is 0.608. The average Bonchev–Trinajstić information content (AvgIpc) is 2.14. The number of aromatic nitrogens is 2. The molecule has 1 heterocycles. The second-order valence-electron chi connectivity index (χ2n) is 1.39. The Morgan fingerprint density at radius 3 is 2.75 bits per heavy atom. The predicted molar refractivity (Wildman–Crippen MR) is 28.0 cm³/mol. The molecule has 1 radical (unpaired) electrons. The van der Waals surface area contributed by atoms with Crippen LogP contribution in [0.1, 0.15) is 12.7 Å². The Balaban J connectivity index is 0.000000490. The first-order valence-corrected chi connectivity index (χ1v) is 2.41. The van der Waals surface area contributed by atoms with Crippen molar-refractivity contribution in [3.8, 4) is 0 Å². The largest absolute Gasteiger partial charge is 0.349 e. The Morgan fingerprint density at radius 1 is 1.75 bits per heavy atom. The summed E-state index contributed by atoms with van der Waals surface area (Å²) >= 11 is 0. The average molecular weight is 160 g/mol. The van der Waals surface area contributed by atoms with Gasteiger partial charge in [0, 0.05) is 35.9 Å². The summed E-state index contributed by atoms with van der Waals surface area (Å²) in [6.45, 7) is 2.07. The van der Waals surface area contributed by atoms with Crippen molar-refractivity contribution in [2.24, 2.45) is 0 Å². The molecule has 1 N–H and O–H groups in total. The molecule has 3 heteroatoms. The number of imidazole rings is 1. The zero-order valence-electron chi connectivity index (χ0n) is 4.61. The Kier molecular flexibility index (Phi) is 3.57. The molecular weight excluding hydrogens is 152 g/mol. The number of rotatable bonds is 1. The fraction of sp³-hybridized carbons (Fsp3) is 0.400. The van der Waals surface area contributed by atoms with E-state index in [0.717, 1.165) is 12.2 Å². The van der Waals surface area contributed by atoms with Gasteiger partial charge in [-0.15, -0.1) is 0 Å². The summed E-state index contributed by atoms with van der Waals surface area (Å²) in [5.41, 5.74) is 0. The van der Waals surface area contributed by atoms with E-state index in [1.54, 1.807) is 6.20 Å².